The van der Waals surface area contributed by atoms with Gasteiger partial charge in [0.1, 0.15) is 22.3 Å². The molecule has 0 aliphatic heterocycles. The van der Waals surface area contributed by atoms with Gasteiger partial charge in [0.05, 0.1) is 0 Å². The van der Waals surface area contributed by atoms with E-state index < -0.39 is 0 Å². The minimum Gasteiger partial charge on any atom is -0.456 e. The molecule has 0 aliphatic carbocycles. The molecule has 6 heterocycles. The highest BCUT2D eigenvalue weighted by molar-refractivity contribution is 7.26. The first-order valence-electron chi connectivity index (χ1n) is 47.2. The average molecular weight is 1820 g/mol. The van der Waals surface area contributed by atoms with E-state index in [-0.39, 0.29) is 0 Å². The highest BCUT2D eigenvalue weighted by Crippen LogP contribution is 2.46. The van der Waals surface area contributed by atoms with Gasteiger partial charge in [-0.15, -0.1) is 11.3 Å². The van der Waals surface area contributed by atoms with E-state index in [4.69, 9.17) is 53.7 Å². The third-order valence-electron chi connectivity index (χ3n) is 27.4. The number of thiophene rings is 1. The number of fused-ring (bicyclic) bond motifs is 24. The zero-order valence-electron chi connectivity index (χ0n) is 75.7. The van der Waals surface area contributed by atoms with Gasteiger partial charge in [-0.25, -0.2) is 44.9 Å². The van der Waals surface area contributed by atoms with Crippen molar-refractivity contribution in [2.75, 3.05) is 0 Å². The Balaban J connectivity index is 0.000000107. The van der Waals surface area contributed by atoms with Crippen LogP contribution < -0.4 is 0 Å². The molecular weight excluding hydrogens is 1740 g/mol. The molecule has 23 aromatic carbocycles. The van der Waals surface area contributed by atoms with Gasteiger partial charge in [-0.05, 0) is 186 Å². The molecule has 0 bridgehead atoms. The van der Waals surface area contributed by atoms with Crippen LogP contribution in [0.1, 0.15) is 0 Å². The van der Waals surface area contributed by atoms with E-state index in [1.165, 1.54) is 128 Å². The van der Waals surface area contributed by atoms with Crippen molar-refractivity contribution in [1.82, 2.24) is 44.9 Å². The molecule has 0 unspecified atom stereocenters. The molecule has 0 aliphatic rings. The standard InChI is InChI=1S/C51H31N3O.C39H23N3O.C39H23N3S/c1-3-10-32(11-4-1)33-18-20-35(21-19-33)41-16-9-17-47-48(41)45-31-39(26-29-46(45)55-47)51-53-49(37-13-5-2-6-14-37)52-50(54-51)38-23-22-36-25-27-42-40-15-8-7-12-34(40)24-28-43(42)44(36)30-38;2*1-2-10-26(11-3-1)37-40-38(42-39(41-37)32-14-8-16-35-36(32)31-13-6-7-15-34(31)43-35)27-18-17-25-20-21-29-28-12-5-4-9-24(28)19-22-30(29)33(25)23-27/h1-31H;2*1-23H. The maximum Gasteiger partial charge on any atom is 0.164 e. The lowest BCUT2D eigenvalue weighted by atomic mass is 9.96. The predicted molar refractivity (Wildman–Crippen MR) is 584 cm³/mol. The van der Waals surface area contributed by atoms with Crippen molar-refractivity contribution in [1.29, 1.82) is 0 Å². The Morgan fingerprint density at radius 1 is 0.135 bits per heavy atom. The molecule has 0 saturated heterocycles. The van der Waals surface area contributed by atoms with Crippen molar-refractivity contribution in [3.8, 4) is 125 Å². The Bertz CT molecular complexity index is 9740. The third-order valence-corrected chi connectivity index (χ3v) is 28.5. The summed E-state index contributed by atoms with van der Waals surface area (Å²) in [5, 5.41) is 28.5. The second-order valence-electron chi connectivity index (χ2n) is 35.7. The Morgan fingerprint density at radius 2 is 0.404 bits per heavy atom. The molecule has 0 N–H and O–H groups in total. The van der Waals surface area contributed by atoms with Crippen LogP contribution in [0.15, 0.2) is 476 Å². The lowest BCUT2D eigenvalue weighted by Crippen LogP contribution is -2.00. The first-order valence-corrected chi connectivity index (χ1v) is 48.1. The monoisotopic (exact) mass is 1820 g/mol. The first-order chi connectivity index (χ1) is 69.8. The smallest absolute Gasteiger partial charge is 0.164 e. The van der Waals surface area contributed by atoms with E-state index in [0.29, 0.717) is 52.4 Å². The van der Waals surface area contributed by atoms with E-state index in [9.17, 15) is 0 Å². The predicted octanol–water partition coefficient (Wildman–Crippen LogP) is 34.5. The van der Waals surface area contributed by atoms with Crippen molar-refractivity contribution >= 4 is 172 Å². The average Bonchev–Trinajstić information content (AvgIpc) is 1.46. The molecule has 29 rings (SSSR count). The van der Waals surface area contributed by atoms with Gasteiger partial charge in [-0.1, -0.05) is 400 Å². The van der Waals surface area contributed by atoms with Crippen LogP contribution in [0.3, 0.4) is 0 Å². The van der Waals surface area contributed by atoms with Gasteiger partial charge in [0.25, 0.3) is 0 Å². The molecule has 0 atom stereocenters. The van der Waals surface area contributed by atoms with Gasteiger partial charge in [0.15, 0.2) is 52.4 Å². The molecule has 0 amide bonds. The molecule has 0 spiro atoms. The van der Waals surface area contributed by atoms with Gasteiger partial charge in [-0.2, -0.15) is 0 Å². The van der Waals surface area contributed by atoms with E-state index in [1.807, 2.05) is 133 Å². The summed E-state index contributed by atoms with van der Waals surface area (Å²) in [6.07, 6.45) is 0. The van der Waals surface area contributed by atoms with Gasteiger partial charge in [0.2, 0.25) is 0 Å². The van der Waals surface area contributed by atoms with Crippen LogP contribution >= 0.6 is 11.3 Å². The minimum absolute atomic E-state index is 0.605. The van der Waals surface area contributed by atoms with Crippen molar-refractivity contribution in [2.45, 2.75) is 0 Å². The number of furan rings is 2. The summed E-state index contributed by atoms with van der Waals surface area (Å²) in [7, 11) is 0. The SMILES string of the molecule is c1ccc(-c2ccc(-c3cccc4oc5ccc(-c6nc(-c7ccccc7)nc(-c7ccc8ccc9c%10ccccc%10ccc9c8c7)n6)cc5c34)cc2)cc1.c1ccc(-c2nc(-c3ccc4ccc5c6ccccc6ccc5c4c3)nc(-c3cccc4oc5ccccc5c34)n2)cc1.c1ccc(-c2nc(-c3ccc4ccc5c6ccccc6ccc5c4c3)nc(-c3cccc4sc5ccccc5c34)n2)cc1. The molecule has 656 valence electrons. The molecule has 0 radical (unpaired) electrons. The van der Waals surface area contributed by atoms with Crippen LogP contribution in [0.5, 0.6) is 0 Å². The largest absolute Gasteiger partial charge is 0.456 e. The number of hydrogen-bond donors (Lipinski definition) is 0. The normalized spacial score (nSPS) is 11.7. The molecule has 0 saturated carbocycles. The maximum atomic E-state index is 6.43. The molecule has 6 aromatic heterocycles. The summed E-state index contributed by atoms with van der Waals surface area (Å²) in [6, 6.07) is 163. The molecule has 0 fully saturated rings. The van der Waals surface area contributed by atoms with E-state index in [2.05, 4.69) is 334 Å². The van der Waals surface area contributed by atoms with Crippen LogP contribution in [-0.4, -0.2) is 44.9 Å². The number of rotatable bonds is 11. The van der Waals surface area contributed by atoms with E-state index in [0.717, 1.165) is 105 Å². The summed E-state index contributed by atoms with van der Waals surface area (Å²) in [4.78, 5) is 45.8. The molecule has 141 heavy (non-hydrogen) atoms. The van der Waals surface area contributed by atoms with Crippen molar-refractivity contribution < 1.29 is 8.83 Å². The van der Waals surface area contributed by atoms with Crippen molar-refractivity contribution in [2.24, 2.45) is 0 Å². The van der Waals surface area contributed by atoms with Crippen LogP contribution in [0.4, 0.5) is 0 Å². The second kappa shape index (κ2) is 34.3. The van der Waals surface area contributed by atoms with Crippen LogP contribution in [0, 0.1) is 0 Å². The molecule has 11 nitrogen and oxygen atoms in total. The quantitative estimate of drug-likeness (QED) is 0.114. The zero-order valence-corrected chi connectivity index (χ0v) is 76.5. The fourth-order valence-electron chi connectivity index (χ4n) is 20.5. The van der Waals surface area contributed by atoms with Gasteiger partial charge < -0.3 is 8.83 Å². The summed E-state index contributed by atoms with van der Waals surface area (Å²) in [5.41, 5.74) is 16.5. The third kappa shape index (κ3) is 14.7. The molecule has 29 aromatic rings. The van der Waals surface area contributed by atoms with Gasteiger partial charge >= 0.3 is 0 Å². The Kier molecular flexibility index (Phi) is 19.9. The molecular formula is C129H77N9O2S. The molecule has 12 heteroatoms. The number of nitrogens with zero attached hydrogens (tertiary/aromatic N) is 9. The number of benzene rings is 23. The maximum absolute atomic E-state index is 6.43. The lowest BCUT2D eigenvalue weighted by Gasteiger charge is -2.11. The van der Waals surface area contributed by atoms with Crippen molar-refractivity contribution in [3.05, 3.63) is 467 Å². The summed E-state index contributed by atoms with van der Waals surface area (Å²) < 4.78 is 15.1. The van der Waals surface area contributed by atoms with E-state index in [1.54, 1.807) is 11.3 Å². The lowest BCUT2D eigenvalue weighted by molar-refractivity contribution is 0.668. The highest BCUT2D eigenvalue weighted by Gasteiger charge is 2.24. The fraction of sp³-hybridized carbons (Fsp3) is 0. The first kappa shape index (κ1) is 81.8. The number of aromatic nitrogens is 9. The zero-order chi connectivity index (χ0) is 93.0. The van der Waals surface area contributed by atoms with Gasteiger partial charge in [-0.3, -0.25) is 0 Å². The summed E-state index contributed by atoms with van der Waals surface area (Å²) in [6.45, 7) is 0. The summed E-state index contributed by atoms with van der Waals surface area (Å²) >= 11 is 1.80. The Morgan fingerprint density at radius 3 is 0.844 bits per heavy atom. The Hall–Kier alpha value is -18.8. The Labute approximate surface area is 812 Å². The number of hydrogen-bond acceptors (Lipinski definition) is 12. The minimum atomic E-state index is 0.605. The van der Waals surface area contributed by atoms with Gasteiger partial charge in [0, 0.05) is 91.8 Å². The highest BCUT2D eigenvalue weighted by atomic mass is 32.1. The van der Waals surface area contributed by atoms with Crippen LogP contribution in [0.2, 0.25) is 0 Å². The topological polar surface area (TPSA) is 142 Å². The number of para-hydroxylation sites is 1. The second-order valence-corrected chi connectivity index (χ2v) is 36.7. The fourth-order valence-corrected chi connectivity index (χ4v) is 21.6. The van der Waals surface area contributed by atoms with Crippen LogP contribution in [0.25, 0.3) is 286 Å². The van der Waals surface area contributed by atoms with Crippen molar-refractivity contribution in [3.63, 3.8) is 0 Å². The van der Waals surface area contributed by atoms with E-state index >= 15 is 0 Å². The summed E-state index contributed by atoms with van der Waals surface area (Å²) in [5.74, 6) is 5.76. The van der Waals surface area contributed by atoms with Crippen LogP contribution in [-0.2, 0) is 0 Å².